The molecule has 1 aromatic carbocycles. The Labute approximate surface area is 181 Å². The molecule has 1 aliphatic heterocycles. The van der Waals surface area contributed by atoms with Gasteiger partial charge in [0.15, 0.2) is 5.76 Å². The van der Waals surface area contributed by atoms with E-state index in [2.05, 4.69) is 14.4 Å². The van der Waals surface area contributed by atoms with Crippen molar-refractivity contribution >= 4 is 37.5 Å². The molecule has 0 bridgehead atoms. The lowest BCUT2D eigenvalue weighted by molar-refractivity contribution is 0.0991. The second-order valence-electron chi connectivity index (χ2n) is 7.02. The SMILES string of the molecule is CNS(=O)(=O)c1ccc(C(=O)Nc2cccc(S(=O)(=O)N=C3CCCCCN3C)c2)o1. The number of carbonyl (C=O) groups is 1. The second-order valence-corrected chi connectivity index (χ2v) is 10.4. The van der Waals surface area contributed by atoms with Crippen LogP contribution in [0.15, 0.2) is 55.2 Å². The molecule has 2 aromatic rings. The van der Waals surface area contributed by atoms with E-state index in [1.807, 2.05) is 11.9 Å². The number of nitrogens with zero attached hydrogens (tertiary/aromatic N) is 2. The van der Waals surface area contributed by atoms with Gasteiger partial charge in [0, 0.05) is 25.7 Å². The first-order valence-electron chi connectivity index (χ1n) is 9.62. The smallest absolute Gasteiger partial charge is 0.291 e. The average molecular weight is 469 g/mol. The van der Waals surface area contributed by atoms with Crippen molar-refractivity contribution in [2.24, 2.45) is 4.40 Å². The molecule has 1 aliphatic rings. The summed E-state index contributed by atoms with van der Waals surface area (Å²) in [6.45, 7) is 0.749. The van der Waals surface area contributed by atoms with Crippen molar-refractivity contribution in [1.82, 2.24) is 9.62 Å². The number of benzene rings is 1. The lowest BCUT2D eigenvalue weighted by Gasteiger charge is -2.17. The molecule has 1 fully saturated rings. The molecule has 1 amide bonds. The van der Waals surface area contributed by atoms with Crippen LogP contribution in [0, 0.1) is 0 Å². The summed E-state index contributed by atoms with van der Waals surface area (Å²) in [5.41, 5.74) is 0.204. The van der Waals surface area contributed by atoms with Crippen LogP contribution >= 0.6 is 0 Å². The maximum atomic E-state index is 12.8. The highest BCUT2D eigenvalue weighted by molar-refractivity contribution is 7.90. The summed E-state index contributed by atoms with van der Waals surface area (Å²) in [4.78, 5) is 14.2. The highest BCUT2D eigenvalue weighted by Crippen LogP contribution is 2.21. The van der Waals surface area contributed by atoms with Crippen LogP contribution in [0.2, 0.25) is 0 Å². The van der Waals surface area contributed by atoms with Crippen LogP contribution in [0.25, 0.3) is 0 Å². The summed E-state index contributed by atoms with van der Waals surface area (Å²) in [6.07, 6.45) is 3.47. The predicted molar refractivity (Wildman–Crippen MR) is 115 cm³/mol. The summed E-state index contributed by atoms with van der Waals surface area (Å²) < 4.78 is 60.2. The molecule has 0 saturated carbocycles. The molecule has 1 aromatic heterocycles. The van der Waals surface area contributed by atoms with Gasteiger partial charge in [-0.3, -0.25) is 4.79 Å². The number of sulfonamides is 2. The van der Waals surface area contributed by atoms with Gasteiger partial charge in [0.1, 0.15) is 5.84 Å². The fourth-order valence-electron chi connectivity index (χ4n) is 3.05. The summed E-state index contributed by atoms with van der Waals surface area (Å²) in [7, 11) is -4.75. The summed E-state index contributed by atoms with van der Waals surface area (Å²) in [5.74, 6) is -0.440. The van der Waals surface area contributed by atoms with Gasteiger partial charge >= 0.3 is 0 Å². The second kappa shape index (κ2) is 9.20. The maximum Gasteiger partial charge on any atom is 0.291 e. The molecule has 1 saturated heterocycles. The molecule has 168 valence electrons. The minimum absolute atomic E-state index is 0.0617. The maximum absolute atomic E-state index is 12.8. The van der Waals surface area contributed by atoms with Gasteiger partial charge in [0.05, 0.1) is 4.90 Å². The Bertz CT molecular complexity index is 1200. The molecular formula is C19H24N4O6S2. The molecule has 0 aliphatic carbocycles. The number of furan rings is 1. The van der Waals surface area contributed by atoms with Crippen molar-refractivity contribution in [2.45, 2.75) is 35.7 Å². The molecule has 0 radical (unpaired) electrons. The van der Waals surface area contributed by atoms with Crippen LogP contribution < -0.4 is 10.0 Å². The monoisotopic (exact) mass is 468 g/mol. The van der Waals surface area contributed by atoms with E-state index in [-0.39, 0.29) is 16.3 Å². The molecule has 0 unspecified atom stereocenters. The molecule has 31 heavy (non-hydrogen) atoms. The fraction of sp³-hybridized carbons (Fsp3) is 0.368. The number of hydrogen-bond donors (Lipinski definition) is 2. The predicted octanol–water partition coefficient (Wildman–Crippen LogP) is 2.03. The zero-order chi connectivity index (χ0) is 22.6. The molecule has 0 atom stereocenters. The van der Waals surface area contributed by atoms with E-state index in [9.17, 15) is 21.6 Å². The Kier molecular flexibility index (Phi) is 6.82. The summed E-state index contributed by atoms with van der Waals surface area (Å²) in [5, 5.41) is 2.10. The number of rotatable bonds is 6. The number of likely N-dealkylation sites (tertiary alicyclic amines) is 1. The molecular weight excluding hydrogens is 444 g/mol. The van der Waals surface area contributed by atoms with Gasteiger partial charge in [-0.1, -0.05) is 12.5 Å². The van der Waals surface area contributed by atoms with Gasteiger partial charge < -0.3 is 14.6 Å². The Morgan fingerprint density at radius 3 is 2.61 bits per heavy atom. The molecule has 0 spiro atoms. The molecule has 3 rings (SSSR count). The third-order valence-corrected chi connectivity index (χ3v) is 7.38. The van der Waals surface area contributed by atoms with Crippen molar-refractivity contribution in [1.29, 1.82) is 0 Å². The van der Waals surface area contributed by atoms with E-state index in [1.165, 1.54) is 37.4 Å². The molecule has 2 heterocycles. The average Bonchev–Trinajstić information content (AvgIpc) is 3.16. The van der Waals surface area contributed by atoms with Crippen molar-refractivity contribution in [3.05, 3.63) is 42.2 Å². The Balaban J connectivity index is 1.81. The highest BCUT2D eigenvalue weighted by Gasteiger charge is 2.21. The van der Waals surface area contributed by atoms with E-state index < -0.39 is 31.0 Å². The van der Waals surface area contributed by atoms with Crippen LogP contribution in [-0.2, 0) is 20.0 Å². The number of hydrogen-bond acceptors (Lipinski definition) is 6. The number of anilines is 1. The zero-order valence-electron chi connectivity index (χ0n) is 17.2. The largest absolute Gasteiger partial charge is 0.438 e. The van der Waals surface area contributed by atoms with Crippen LogP contribution in [0.4, 0.5) is 5.69 Å². The van der Waals surface area contributed by atoms with Crippen molar-refractivity contribution < 1.29 is 26.0 Å². The normalized spacial score (nSPS) is 16.8. The van der Waals surface area contributed by atoms with E-state index in [1.54, 1.807) is 0 Å². The topological polar surface area (TPSA) is 138 Å². The van der Waals surface area contributed by atoms with Gasteiger partial charge in [-0.05, 0) is 50.2 Å². The lowest BCUT2D eigenvalue weighted by atomic mass is 10.2. The minimum Gasteiger partial charge on any atom is -0.438 e. The fourth-order valence-corrected chi connectivity index (χ4v) is 4.84. The zero-order valence-corrected chi connectivity index (χ0v) is 18.8. The Hall–Kier alpha value is -2.70. The van der Waals surface area contributed by atoms with E-state index >= 15 is 0 Å². The standard InChI is InChI=1S/C19H24N4O6S2/c1-20-31(27,28)18-11-10-16(29-18)19(24)21-14-7-6-8-15(13-14)30(25,26)22-17-9-4-3-5-12-23(17)2/h6-8,10-11,13,20H,3-5,9,12H2,1-2H3,(H,21,24). The van der Waals surface area contributed by atoms with Gasteiger partial charge in [-0.2, -0.15) is 8.42 Å². The van der Waals surface area contributed by atoms with Gasteiger partial charge in [-0.25, -0.2) is 13.1 Å². The van der Waals surface area contributed by atoms with Gasteiger partial charge in [0.2, 0.25) is 5.09 Å². The first-order valence-corrected chi connectivity index (χ1v) is 12.5. The number of nitrogens with one attached hydrogen (secondary N) is 2. The van der Waals surface area contributed by atoms with Crippen molar-refractivity contribution in [2.75, 3.05) is 26.0 Å². The van der Waals surface area contributed by atoms with Crippen LogP contribution in [-0.4, -0.2) is 54.1 Å². The van der Waals surface area contributed by atoms with Gasteiger partial charge in [-0.15, -0.1) is 4.40 Å². The summed E-state index contributed by atoms with van der Waals surface area (Å²) in [6, 6.07) is 8.06. The van der Waals surface area contributed by atoms with Crippen molar-refractivity contribution in [3.8, 4) is 0 Å². The molecule has 10 nitrogen and oxygen atoms in total. The first-order chi connectivity index (χ1) is 14.6. The van der Waals surface area contributed by atoms with Crippen LogP contribution in [0.3, 0.4) is 0 Å². The first kappa shape index (κ1) is 23.0. The highest BCUT2D eigenvalue weighted by atomic mass is 32.2. The number of amides is 1. The summed E-state index contributed by atoms with van der Waals surface area (Å²) >= 11 is 0. The Morgan fingerprint density at radius 1 is 1.10 bits per heavy atom. The number of carbonyl (C=O) groups excluding carboxylic acids is 1. The van der Waals surface area contributed by atoms with Crippen molar-refractivity contribution in [3.63, 3.8) is 0 Å². The van der Waals surface area contributed by atoms with E-state index in [0.29, 0.717) is 12.3 Å². The van der Waals surface area contributed by atoms with Crippen LogP contribution in [0.1, 0.15) is 36.2 Å². The lowest BCUT2D eigenvalue weighted by Crippen LogP contribution is -2.26. The quantitative estimate of drug-likeness (QED) is 0.661. The number of amidine groups is 1. The third kappa shape index (κ3) is 5.51. The third-order valence-electron chi connectivity index (χ3n) is 4.79. The van der Waals surface area contributed by atoms with Crippen LogP contribution in [0.5, 0.6) is 0 Å². The van der Waals surface area contributed by atoms with E-state index in [0.717, 1.165) is 31.9 Å². The van der Waals surface area contributed by atoms with E-state index in [4.69, 9.17) is 4.42 Å². The van der Waals surface area contributed by atoms with Gasteiger partial charge in [0.25, 0.3) is 26.0 Å². The molecule has 2 N–H and O–H groups in total. The Morgan fingerprint density at radius 2 is 1.87 bits per heavy atom. The molecule has 12 heteroatoms. The minimum atomic E-state index is -3.97.